The van der Waals surface area contributed by atoms with Crippen LogP contribution in [0.3, 0.4) is 0 Å². The van der Waals surface area contributed by atoms with Crippen LogP contribution in [0, 0.1) is 11.3 Å². The van der Waals surface area contributed by atoms with Crippen LogP contribution in [0.2, 0.25) is 5.02 Å². The van der Waals surface area contributed by atoms with Gasteiger partial charge in [-0.1, -0.05) is 17.7 Å². The molecule has 0 fully saturated rings. The van der Waals surface area contributed by atoms with Crippen LogP contribution in [-0.2, 0) is 0 Å². The molecule has 0 saturated carbocycles. The van der Waals surface area contributed by atoms with Gasteiger partial charge in [-0.25, -0.2) is 0 Å². The molecule has 0 radical (unpaired) electrons. The number of allylic oxidation sites excluding steroid dienone is 1. The quantitative estimate of drug-likeness (QED) is 0.589. The Balaban J connectivity index is 1.69. The summed E-state index contributed by atoms with van der Waals surface area (Å²) < 4.78 is 10.8. The van der Waals surface area contributed by atoms with Crippen LogP contribution in [0.15, 0.2) is 60.2 Å². The molecule has 4 nitrogen and oxygen atoms in total. The van der Waals surface area contributed by atoms with E-state index in [1.807, 2.05) is 24.3 Å². The minimum Gasteiger partial charge on any atom is -0.488 e. The van der Waals surface area contributed by atoms with Crippen molar-refractivity contribution in [2.45, 2.75) is 0 Å². The molecule has 0 saturated heterocycles. The molecule has 1 heterocycles. The van der Waals surface area contributed by atoms with Crippen LogP contribution in [0.4, 0.5) is 0 Å². The Morgan fingerprint density at radius 1 is 1.28 bits per heavy atom. The number of hydrogen-bond acceptors (Lipinski definition) is 4. The first kappa shape index (κ1) is 16.8. The summed E-state index contributed by atoms with van der Waals surface area (Å²) in [5.74, 6) is 1.21. The van der Waals surface area contributed by atoms with Gasteiger partial charge in [0.2, 0.25) is 0 Å². The maximum Gasteiger partial charge on any atom is 0.185 e. The van der Waals surface area contributed by atoms with Crippen LogP contribution in [0.1, 0.15) is 15.9 Å². The van der Waals surface area contributed by atoms with Gasteiger partial charge in [-0.3, -0.25) is 4.79 Å². The SMILES string of the molecule is N#CCOc1ccc(C(=O)/C=C/C2=Cc3cc(Cl)ccc3OC2)cc1. The number of carbonyl (C=O) groups excluding carboxylic acids is 1. The van der Waals surface area contributed by atoms with Gasteiger partial charge in [-0.2, -0.15) is 5.26 Å². The predicted octanol–water partition coefficient (Wildman–Crippen LogP) is 4.46. The van der Waals surface area contributed by atoms with Gasteiger partial charge in [0.05, 0.1) is 0 Å². The van der Waals surface area contributed by atoms with Crippen molar-refractivity contribution in [3.63, 3.8) is 0 Å². The topological polar surface area (TPSA) is 59.3 Å². The number of halogens is 1. The van der Waals surface area contributed by atoms with Crippen LogP contribution in [0.25, 0.3) is 6.08 Å². The van der Waals surface area contributed by atoms with Gasteiger partial charge in [-0.15, -0.1) is 0 Å². The lowest BCUT2D eigenvalue weighted by molar-refractivity contribution is 0.104. The molecule has 0 unspecified atom stereocenters. The molecule has 5 heteroatoms. The van der Waals surface area contributed by atoms with E-state index in [0.29, 0.717) is 22.9 Å². The first-order chi connectivity index (χ1) is 12.2. The fourth-order valence-corrected chi connectivity index (χ4v) is 2.55. The standard InChI is InChI=1S/C20H14ClNO3/c21-17-4-8-20-16(12-17)11-14(13-25-20)1-7-19(23)15-2-5-18(6-3-15)24-10-9-22/h1-8,11-12H,10,13H2/b7-1+. The van der Waals surface area contributed by atoms with Gasteiger partial charge >= 0.3 is 0 Å². The van der Waals surface area contributed by atoms with Gasteiger partial charge in [0.25, 0.3) is 0 Å². The van der Waals surface area contributed by atoms with Crippen molar-refractivity contribution >= 4 is 23.5 Å². The summed E-state index contributed by atoms with van der Waals surface area (Å²) in [4.78, 5) is 12.2. The second kappa shape index (κ2) is 7.69. The number of benzene rings is 2. The lowest BCUT2D eigenvalue weighted by Crippen LogP contribution is -2.06. The fraction of sp³-hybridized carbons (Fsp3) is 0.100. The number of ether oxygens (including phenoxy) is 2. The summed E-state index contributed by atoms with van der Waals surface area (Å²) in [5, 5.41) is 9.12. The maximum absolute atomic E-state index is 12.2. The zero-order valence-corrected chi connectivity index (χ0v) is 14.0. The number of rotatable bonds is 5. The molecule has 0 aliphatic carbocycles. The Hall–Kier alpha value is -3.03. The number of hydrogen-bond donors (Lipinski definition) is 0. The Bertz CT molecular complexity index is 892. The minimum absolute atomic E-state index is 0.0210. The molecule has 1 aliphatic heterocycles. The van der Waals surface area contributed by atoms with E-state index < -0.39 is 0 Å². The molecule has 3 rings (SSSR count). The van der Waals surface area contributed by atoms with E-state index in [1.165, 1.54) is 6.08 Å². The number of fused-ring (bicyclic) bond motifs is 1. The maximum atomic E-state index is 12.2. The number of nitrogens with zero attached hydrogens (tertiary/aromatic N) is 1. The third-order valence-electron chi connectivity index (χ3n) is 3.60. The second-order valence-corrected chi connectivity index (χ2v) is 5.80. The van der Waals surface area contributed by atoms with Crippen LogP contribution >= 0.6 is 11.6 Å². The zero-order valence-electron chi connectivity index (χ0n) is 13.2. The average molecular weight is 352 g/mol. The van der Waals surface area contributed by atoms with Gasteiger partial charge in [0.15, 0.2) is 12.4 Å². The highest BCUT2D eigenvalue weighted by Crippen LogP contribution is 2.29. The predicted molar refractivity (Wildman–Crippen MR) is 95.9 cm³/mol. The lowest BCUT2D eigenvalue weighted by atomic mass is 10.1. The summed E-state index contributed by atoms with van der Waals surface area (Å²) in [6.07, 6.45) is 5.20. The Morgan fingerprint density at radius 3 is 2.84 bits per heavy atom. The molecule has 0 N–H and O–H groups in total. The minimum atomic E-state index is -0.121. The van der Waals surface area contributed by atoms with E-state index in [4.69, 9.17) is 26.3 Å². The molecule has 0 atom stereocenters. The monoisotopic (exact) mass is 351 g/mol. The molecule has 0 spiro atoms. The normalized spacial score (nSPS) is 12.7. The largest absolute Gasteiger partial charge is 0.488 e. The molecular formula is C20H14ClNO3. The molecule has 2 aromatic carbocycles. The van der Waals surface area contributed by atoms with E-state index in [-0.39, 0.29) is 12.4 Å². The van der Waals surface area contributed by atoms with E-state index in [1.54, 1.807) is 36.4 Å². The van der Waals surface area contributed by atoms with E-state index in [9.17, 15) is 4.79 Å². The smallest absolute Gasteiger partial charge is 0.185 e. The van der Waals surface area contributed by atoms with Crippen molar-refractivity contribution in [1.82, 2.24) is 0 Å². The van der Waals surface area contributed by atoms with Crippen LogP contribution < -0.4 is 9.47 Å². The number of carbonyl (C=O) groups is 1. The van der Waals surface area contributed by atoms with E-state index >= 15 is 0 Å². The lowest BCUT2D eigenvalue weighted by Gasteiger charge is -2.16. The van der Waals surface area contributed by atoms with Gasteiger partial charge in [0, 0.05) is 16.1 Å². The van der Waals surface area contributed by atoms with Crippen molar-refractivity contribution < 1.29 is 14.3 Å². The third-order valence-corrected chi connectivity index (χ3v) is 3.83. The Morgan fingerprint density at radius 2 is 2.08 bits per heavy atom. The third kappa shape index (κ3) is 4.28. The first-order valence-corrected chi connectivity index (χ1v) is 7.98. The number of nitriles is 1. The molecule has 25 heavy (non-hydrogen) atoms. The highest BCUT2D eigenvalue weighted by molar-refractivity contribution is 6.30. The molecule has 2 aromatic rings. The number of ketones is 1. The van der Waals surface area contributed by atoms with Crippen molar-refractivity contribution in [3.05, 3.63) is 76.3 Å². The molecule has 0 amide bonds. The van der Waals surface area contributed by atoms with Crippen molar-refractivity contribution in [2.75, 3.05) is 13.2 Å². The summed E-state index contributed by atoms with van der Waals surface area (Å²) >= 11 is 5.99. The molecule has 124 valence electrons. The summed E-state index contributed by atoms with van der Waals surface area (Å²) in [7, 11) is 0. The van der Waals surface area contributed by atoms with Crippen LogP contribution in [0.5, 0.6) is 11.5 Å². The highest BCUT2D eigenvalue weighted by Gasteiger charge is 2.10. The van der Waals surface area contributed by atoms with Gasteiger partial charge in [0.1, 0.15) is 24.2 Å². The molecule has 0 aromatic heterocycles. The molecule has 0 bridgehead atoms. The average Bonchev–Trinajstić information content (AvgIpc) is 2.64. The highest BCUT2D eigenvalue weighted by atomic mass is 35.5. The Labute approximate surface area is 150 Å². The summed E-state index contributed by atoms with van der Waals surface area (Å²) in [6.45, 7) is 0.381. The van der Waals surface area contributed by atoms with E-state index in [0.717, 1.165) is 16.9 Å². The molecule has 1 aliphatic rings. The Kier molecular flexibility index (Phi) is 5.17. The van der Waals surface area contributed by atoms with Gasteiger partial charge < -0.3 is 9.47 Å². The first-order valence-electron chi connectivity index (χ1n) is 7.61. The zero-order chi connectivity index (χ0) is 17.6. The summed E-state index contributed by atoms with van der Waals surface area (Å²) in [6, 6.07) is 14.0. The second-order valence-electron chi connectivity index (χ2n) is 5.36. The van der Waals surface area contributed by atoms with E-state index in [2.05, 4.69) is 0 Å². The summed E-state index contributed by atoms with van der Waals surface area (Å²) in [5.41, 5.74) is 2.32. The van der Waals surface area contributed by atoms with Crippen molar-refractivity contribution in [1.29, 1.82) is 5.26 Å². The van der Waals surface area contributed by atoms with Crippen molar-refractivity contribution in [2.24, 2.45) is 0 Å². The molecular weight excluding hydrogens is 338 g/mol. The fourth-order valence-electron chi connectivity index (χ4n) is 2.37. The van der Waals surface area contributed by atoms with Crippen molar-refractivity contribution in [3.8, 4) is 17.6 Å². The van der Waals surface area contributed by atoms with Crippen LogP contribution in [-0.4, -0.2) is 19.0 Å². The van der Waals surface area contributed by atoms with Gasteiger partial charge in [-0.05, 0) is 60.2 Å².